The van der Waals surface area contributed by atoms with Gasteiger partial charge in [0, 0.05) is 12.1 Å². The zero-order valence-corrected chi connectivity index (χ0v) is 12.8. The number of benzene rings is 2. The minimum atomic E-state index is -4.37. The molecular weight excluding hydrogens is 303 g/mol. The molecule has 0 radical (unpaired) electrons. The van der Waals surface area contributed by atoms with Gasteiger partial charge in [0.2, 0.25) is 5.91 Å². The predicted octanol–water partition coefficient (Wildman–Crippen LogP) is 4.84. The number of carbonyl (C=O) groups excluding carboxylic acids is 1. The molecule has 0 atom stereocenters. The number of anilines is 1. The SMILES string of the molecule is CCc1ccc(CCC(=O)Nc2ccc(C(F)(F)F)cc2)cc1. The highest BCUT2D eigenvalue weighted by Gasteiger charge is 2.29. The molecular formula is C18H18F3NO. The lowest BCUT2D eigenvalue weighted by Crippen LogP contribution is -2.12. The molecule has 0 saturated carbocycles. The first-order valence-corrected chi connectivity index (χ1v) is 7.43. The molecule has 0 aliphatic carbocycles. The van der Waals surface area contributed by atoms with E-state index >= 15 is 0 Å². The van der Waals surface area contributed by atoms with Gasteiger partial charge in [-0.05, 0) is 48.2 Å². The molecule has 0 spiro atoms. The van der Waals surface area contributed by atoms with Gasteiger partial charge in [0.25, 0.3) is 0 Å². The largest absolute Gasteiger partial charge is 0.416 e. The number of halogens is 3. The van der Waals surface area contributed by atoms with Crippen molar-refractivity contribution >= 4 is 11.6 Å². The smallest absolute Gasteiger partial charge is 0.326 e. The van der Waals surface area contributed by atoms with Crippen LogP contribution in [0.15, 0.2) is 48.5 Å². The van der Waals surface area contributed by atoms with Crippen LogP contribution in [-0.4, -0.2) is 5.91 Å². The minimum Gasteiger partial charge on any atom is -0.326 e. The minimum absolute atomic E-state index is 0.218. The number of hydrogen-bond donors (Lipinski definition) is 1. The lowest BCUT2D eigenvalue weighted by atomic mass is 10.1. The first-order chi connectivity index (χ1) is 10.9. The Morgan fingerprint density at radius 1 is 0.957 bits per heavy atom. The van der Waals surface area contributed by atoms with E-state index in [1.807, 2.05) is 24.3 Å². The molecule has 0 saturated heterocycles. The van der Waals surface area contributed by atoms with Crippen LogP contribution in [0.3, 0.4) is 0 Å². The molecule has 2 rings (SSSR count). The number of rotatable bonds is 5. The van der Waals surface area contributed by atoms with Crippen LogP contribution in [0.5, 0.6) is 0 Å². The van der Waals surface area contributed by atoms with E-state index in [0.29, 0.717) is 12.1 Å². The van der Waals surface area contributed by atoms with Gasteiger partial charge < -0.3 is 5.32 Å². The van der Waals surface area contributed by atoms with Crippen LogP contribution in [0.1, 0.15) is 30.0 Å². The zero-order chi connectivity index (χ0) is 16.9. The van der Waals surface area contributed by atoms with Crippen molar-refractivity contribution < 1.29 is 18.0 Å². The fraction of sp³-hybridized carbons (Fsp3) is 0.278. The van der Waals surface area contributed by atoms with Gasteiger partial charge in [-0.1, -0.05) is 31.2 Å². The molecule has 2 nitrogen and oxygen atoms in total. The lowest BCUT2D eigenvalue weighted by molar-refractivity contribution is -0.137. The first kappa shape index (κ1) is 17.1. The monoisotopic (exact) mass is 321 g/mol. The molecule has 0 aromatic heterocycles. The number of aryl methyl sites for hydroxylation is 2. The van der Waals surface area contributed by atoms with E-state index < -0.39 is 11.7 Å². The first-order valence-electron chi connectivity index (χ1n) is 7.43. The molecule has 1 N–H and O–H groups in total. The Kier molecular flexibility index (Phi) is 5.42. The van der Waals surface area contributed by atoms with Crippen LogP contribution in [0, 0.1) is 0 Å². The van der Waals surface area contributed by atoms with Gasteiger partial charge in [0.15, 0.2) is 0 Å². The van der Waals surface area contributed by atoms with Crippen molar-refractivity contribution in [2.24, 2.45) is 0 Å². The van der Waals surface area contributed by atoms with E-state index in [-0.39, 0.29) is 12.3 Å². The Hall–Kier alpha value is -2.30. The van der Waals surface area contributed by atoms with Crippen molar-refractivity contribution in [3.05, 3.63) is 65.2 Å². The van der Waals surface area contributed by atoms with Crippen molar-refractivity contribution in [3.8, 4) is 0 Å². The fourth-order valence-electron chi connectivity index (χ4n) is 2.17. The van der Waals surface area contributed by atoms with E-state index in [1.54, 1.807) is 0 Å². The van der Waals surface area contributed by atoms with Crippen molar-refractivity contribution in [2.45, 2.75) is 32.4 Å². The number of hydrogen-bond acceptors (Lipinski definition) is 1. The second-order valence-corrected chi connectivity index (χ2v) is 5.29. The maximum Gasteiger partial charge on any atom is 0.416 e. The summed E-state index contributed by atoms with van der Waals surface area (Å²) in [5, 5.41) is 2.61. The molecule has 5 heteroatoms. The number of nitrogens with one attached hydrogen (secondary N) is 1. The summed E-state index contributed by atoms with van der Waals surface area (Å²) in [6.07, 6.45) is -2.52. The van der Waals surface area contributed by atoms with Gasteiger partial charge in [-0.25, -0.2) is 0 Å². The Bertz CT molecular complexity index is 645. The second-order valence-electron chi connectivity index (χ2n) is 5.29. The number of amides is 1. The highest BCUT2D eigenvalue weighted by Crippen LogP contribution is 2.29. The summed E-state index contributed by atoms with van der Waals surface area (Å²) >= 11 is 0. The van der Waals surface area contributed by atoms with E-state index in [1.165, 1.54) is 17.7 Å². The van der Waals surface area contributed by atoms with Crippen LogP contribution in [0.25, 0.3) is 0 Å². The van der Waals surface area contributed by atoms with Gasteiger partial charge in [0.1, 0.15) is 0 Å². The van der Waals surface area contributed by atoms with Crippen molar-refractivity contribution in [1.82, 2.24) is 0 Å². The highest BCUT2D eigenvalue weighted by atomic mass is 19.4. The summed E-state index contributed by atoms with van der Waals surface area (Å²) in [5.74, 6) is -0.218. The average molecular weight is 321 g/mol. The molecule has 23 heavy (non-hydrogen) atoms. The standard InChI is InChI=1S/C18H18F3NO/c1-2-13-3-5-14(6-4-13)7-12-17(23)22-16-10-8-15(9-11-16)18(19,20)21/h3-6,8-11H,2,7,12H2,1H3,(H,22,23). The van der Waals surface area contributed by atoms with E-state index in [2.05, 4.69) is 12.2 Å². The van der Waals surface area contributed by atoms with Gasteiger partial charge in [-0.3, -0.25) is 4.79 Å². The van der Waals surface area contributed by atoms with Crippen LogP contribution in [0.2, 0.25) is 0 Å². The van der Waals surface area contributed by atoms with Gasteiger partial charge in [0.05, 0.1) is 5.56 Å². The molecule has 2 aromatic rings. The third kappa shape index (κ3) is 5.13. The summed E-state index contributed by atoms with van der Waals surface area (Å²) in [6.45, 7) is 2.08. The molecule has 1 amide bonds. The molecule has 0 aliphatic rings. The molecule has 0 fully saturated rings. The van der Waals surface area contributed by atoms with E-state index in [0.717, 1.165) is 24.1 Å². The van der Waals surface area contributed by atoms with Crippen molar-refractivity contribution in [2.75, 3.05) is 5.32 Å². The van der Waals surface area contributed by atoms with Gasteiger partial charge >= 0.3 is 6.18 Å². The van der Waals surface area contributed by atoms with Crippen LogP contribution in [0.4, 0.5) is 18.9 Å². The summed E-state index contributed by atoms with van der Waals surface area (Å²) in [6, 6.07) is 12.5. The van der Waals surface area contributed by atoms with E-state index in [9.17, 15) is 18.0 Å². The van der Waals surface area contributed by atoms with Crippen LogP contribution in [-0.2, 0) is 23.8 Å². The number of alkyl halides is 3. The highest BCUT2D eigenvalue weighted by molar-refractivity contribution is 5.90. The van der Waals surface area contributed by atoms with Crippen LogP contribution >= 0.6 is 0 Å². The lowest BCUT2D eigenvalue weighted by Gasteiger charge is -2.09. The van der Waals surface area contributed by atoms with Crippen molar-refractivity contribution in [3.63, 3.8) is 0 Å². The summed E-state index contributed by atoms with van der Waals surface area (Å²) in [5.41, 5.74) is 1.93. The van der Waals surface area contributed by atoms with E-state index in [4.69, 9.17) is 0 Å². The molecule has 0 aliphatic heterocycles. The Labute approximate surface area is 133 Å². The third-order valence-corrected chi connectivity index (χ3v) is 3.57. The predicted molar refractivity (Wildman–Crippen MR) is 84.2 cm³/mol. The molecule has 2 aromatic carbocycles. The summed E-state index contributed by atoms with van der Waals surface area (Å²) < 4.78 is 37.4. The average Bonchev–Trinajstić information content (AvgIpc) is 2.53. The third-order valence-electron chi connectivity index (χ3n) is 3.57. The maximum absolute atomic E-state index is 12.5. The molecule has 0 unspecified atom stereocenters. The molecule has 0 heterocycles. The zero-order valence-electron chi connectivity index (χ0n) is 12.8. The summed E-state index contributed by atoms with van der Waals surface area (Å²) in [7, 11) is 0. The topological polar surface area (TPSA) is 29.1 Å². The fourth-order valence-corrected chi connectivity index (χ4v) is 2.17. The second kappa shape index (κ2) is 7.31. The Morgan fingerprint density at radius 2 is 1.52 bits per heavy atom. The number of carbonyl (C=O) groups is 1. The normalized spacial score (nSPS) is 11.3. The van der Waals surface area contributed by atoms with Gasteiger partial charge in [-0.2, -0.15) is 13.2 Å². The molecule has 0 bridgehead atoms. The Balaban J connectivity index is 1.86. The molecule has 122 valence electrons. The maximum atomic E-state index is 12.5. The van der Waals surface area contributed by atoms with Crippen molar-refractivity contribution in [1.29, 1.82) is 0 Å². The van der Waals surface area contributed by atoms with Crippen LogP contribution < -0.4 is 5.32 Å². The Morgan fingerprint density at radius 3 is 2.04 bits per heavy atom. The quantitative estimate of drug-likeness (QED) is 0.839. The summed E-state index contributed by atoms with van der Waals surface area (Å²) in [4.78, 5) is 11.9. The van der Waals surface area contributed by atoms with Gasteiger partial charge in [-0.15, -0.1) is 0 Å².